The number of rotatable bonds is 3. The molecule has 4 heteroatoms. The smallest absolute Gasteiger partial charge is 0.146 e. The molecule has 0 aliphatic carbocycles. The van der Waals surface area contributed by atoms with Crippen LogP contribution in [0.25, 0.3) is 0 Å². The van der Waals surface area contributed by atoms with Crippen molar-refractivity contribution in [3.8, 4) is 11.5 Å². The molecule has 0 heterocycles. The zero-order chi connectivity index (χ0) is 12.3. The van der Waals surface area contributed by atoms with Gasteiger partial charge in [-0.3, -0.25) is 0 Å². The van der Waals surface area contributed by atoms with Gasteiger partial charge in [-0.1, -0.05) is 29.8 Å². The number of alkyl halides is 1. The highest BCUT2D eigenvalue weighted by Crippen LogP contribution is 2.32. The molecule has 2 aromatic carbocycles. The van der Waals surface area contributed by atoms with Crippen LogP contribution < -0.4 is 4.74 Å². The molecule has 88 valence electrons. The monoisotopic (exact) mass is 270 g/mol. The minimum absolute atomic E-state index is 0.0481. The molecule has 0 saturated carbocycles. The van der Waals surface area contributed by atoms with Gasteiger partial charge in [0.15, 0.2) is 0 Å². The van der Waals surface area contributed by atoms with Gasteiger partial charge >= 0.3 is 0 Å². The molecule has 2 aromatic rings. The highest BCUT2D eigenvalue weighted by Gasteiger charge is 2.10. The number of benzene rings is 2. The highest BCUT2D eigenvalue weighted by atomic mass is 35.5. The quantitative estimate of drug-likeness (QED) is 0.713. The van der Waals surface area contributed by atoms with Crippen molar-refractivity contribution in [2.24, 2.45) is 0 Å². The molecule has 1 nitrogen and oxygen atoms in total. The van der Waals surface area contributed by atoms with E-state index in [-0.39, 0.29) is 11.7 Å². The first-order chi connectivity index (χ1) is 8.22. The summed E-state index contributed by atoms with van der Waals surface area (Å²) in [7, 11) is 0. The minimum Gasteiger partial charge on any atom is -0.455 e. The molecule has 0 radical (unpaired) electrons. The third kappa shape index (κ3) is 2.71. The van der Waals surface area contributed by atoms with Crippen LogP contribution in [0.4, 0.5) is 4.39 Å². The van der Waals surface area contributed by atoms with Gasteiger partial charge in [0, 0.05) is 5.56 Å². The van der Waals surface area contributed by atoms with Crippen LogP contribution >= 0.6 is 23.2 Å². The predicted octanol–water partition coefficient (Wildman–Crippen LogP) is 5.01. The van der Waals surface area contributed by atoms with Crippen molar-refractivity contribution in [3.63, 3.8) is 0 Å². The van der Waals surface area contributed by atoms with E-state index in [2.05, 4.69) is 0 Å². The van der Waals surface area contributed by atoms with Crippen LogP contribution in [0.5, 0.6) is 11.5 Å². The highest BCUT2D eigenvalue weighted by molar-refractivity contribution is 6.32. The van der Waals surface area contributed by atoms with Gasteiger partial charge in [0.1, 0.15) is 17.3 Å². The molecule has 0 saturated heterocycles. The second-order valence-corrected chi connectivity index (χ2v) is 4.06. The molecule has 0 aromatic heterocycles. The van der Waals surface area contributed by atoms with E-state index in [1.54, 1.807) is 36.4 Å². The normalized spacial score (nSPS) is 10.3. The number of hydrogen-bond donors (Lipinski definition) is 0. The average molecular weight is 271 g/mol. The second-order valence-electron chi connectivity index (χ2n) is 3.38. The van der Waals surface area contributed by atoms with Crippen molar-refractivity contribution in [2.45, 2.75) is 5.88 Å². The van der Waals surface area contributed by atoms with E-state index in [0.29, 0.717) is 22.1 Å². The Morgan fingerprint density at radius 3 is 2.41 bits per heavy atom. The summed E-state index contributed by atoms with van der Waals surface area (Å²) < 4.78 is 19.0. The molecular weight excluding hydrogens is 262 g/mol. The molecule has 0 fully saturated rings. The van der Waals surface area contributed by atoms with Gasteiger partial charge in [0.2, 0.25) is 0 Å². The lowest BCUT2D eigenvalue weighted by atomic mass is 10.2. The molecule has 0 amide bonds. The van der Waals surface area contributed by atoms with Gasteiger partial charge in [0.25, 0.3) is 0 Å². The SMILES string of the molecule is Fc1cccc(Oc2ccccc2Cl)c1CCl. The number of ether oxygens (including phenoxy) is 1. The summed E-state index contributed by atoms with van der Waals surface area (Å²) in [5.74, 6) is 0.524. The predicted molar refractivity (Wildman–Crippen MR) is 67.5 cm³/mol. The summed E-state index contributed by atoms with van der Waals surface area (Å²) >= 11 is 11.6. The maximum absolute atomic E-state index is 13.5. The molecule has 0 aliphatic heterocycles. The van der Waals surface area contributed by atoms with Gasteiger partial charge in [0.05, 0.1) is 10.9 Å². The van der Waals surface area contributed by atoms with Crippen LogP contribution in [0.1, 0.15) is 5.56 Å². The first-order valence-electron chi connectivity index (χ1n) is 4.98. The van der Waals surface area contributed by atoms with Crippen LogP contribution in [0, 0.1) is 5.82 Å². The number of halogens is 3. The van der Waals surface area contributed by atoms with E-state index in [9.17, 15) is 4.39 Å². The van der Waals surface area contributed by atoms with E-state index >= 15 is 0 Å². The maximum Gasteiger partial charge on any atom is 0.146 e. The van der Waals surface area contributed by atoms with Gasteiger partial charge in [-0.25, -0.2) is 4.39 Å². The lowest BCUT2D eigenvalue weighted by Crippen LogP contribution is -1.93. The Kier molecular flexibility index (Phi) is 3.87. The Labute approximate surface area is 109 Å². The summed E-state index contributed by atoms with van der Waals surface area (Å²) in [4.78, 5) is 0. The van der Waals surface area contributed by atoms with E-state index in [1.807, 2.05) is 0 Å². The third-order valence-electron chi connectivity index (χ3n) is 2.27. The lowest BCUT2D eigenvalue weighted by molar-refractivity contribution is 0.470. The molecular formula is C13H9Cl2FO. The Morgan fingerprint density at radius 2 is 1.71 bits per heavy atom. The summed E-state index contributed by atoms with van der Waals surface area (Å²) in [6.07, 6.45) is 0. The standard InChI is InChI=1S/C13H9Cl2FO/c14-8-9-11(16)5-3-7-12(9)17-13-6-2-1-4-10(13)15/h1-7H,8H2. The van der Waals surface area contributed by atoms with E-state index in [1.165, 1.54) is 6.07 Å². The zero-order valence-electron chi connectivity index (χ0n) is 8.79. The topological polar surface area (TPSA) is 9.23 Å². The number of para-hydroxylation sites is 1. The average Bonchev–Trinajstić information content (AvgIpc) is 2.32. The third-order valence-corrected chi connectivity index (χ3v) is 2.85. The summed E-state index contributed by atoms with van der Waals surface area (Å²) in [6.45, 7) is 0. The van der Waals surface area contributed by atoms with Crippen molar-refractivity contribution in [1.82, 2.24) is 0 Å². The molecule has 17 heavy (non-hydrogen) atoms. The molecule has 0 aliphatic rings. The van der Waals surface area contributed by atoms with E-state index in [0.717, 1.165) is 0 Å². The van der Waals surface area contributed by atoms with Crippen LogP contribution in [-0.4, -0.2) is 0 Å². The summed E-state index contributed by atoms with van der Waals surface area (Å²) in [5, 5.41) is 0.470. The van der Waals surface area contributed by atoms with E-state index in [4.69, 9.17) is 27.9 Å². The molecule has 0 bridgehead atoms. The van der Waals surface area contributed by atoms with Crippen LogP contribution in [0.15, 0.2) is 42.5 Å². The Hall–Kier alpha value is -1.25. The van der Waals surface area contributed by atoms with Crippen molar-refractivity contribution < 1.29 is 9.13 Å². The fourth-order valence-electron chi connectivity index (χ4n) is 1.41. The number of hydrogen-bond acceptors (Lipinski definition) is 1. The van der Waals surface area contributed by atoms with Gasteiger partial charge in [-0.15, -0.1) is 11.6 Å². The molecule has 0 unspecified atom stereocenters. The van der Waals surface area contributed by atoms with Gasteiger partial charge < -0.3 is 4.74 Å². The lowest BCUT2D eigenvalue weighted by Gasteiger charge is -2.11. The van der Waals surface area contributed by atoms with Crippen molar-refractivity contribution in [3.05, 3.63) is 58.9 Å². The molecule has 0 spiro atoms. The molecule has 2 rings (SSSR count). The molecule has 0 N–H and O–H groups in total. The Balaban J connectivity index is 2.37. The first-order valence-corrected chi connectivity index (χ1v) is 5.89. The summed E-state index contributed by atoms with van der Waals surface area (Å²) in [5.41, 5.74) is 0.328. The second kappa shape index (κ2) is 5.39. The first kappa shape index (κ1) is 12.2. The minimum atomic E-state index is -0.385. The van der Waals surface area contributed by atoms with Crippen molar-refractivity contribution in [2.75, 3.05) is 0 Å². The van der Waals surface area contributed by atoms with Crippen LogP contribution in [0.3, 0.4) is 0 Å². The Morgan fingerprint density at radius 1 is 1.00 bits per heavy atom. The Bertz CT molecular complexity index is 529. The maximum atomic E-state index is 13.5. The van der Waals surface area contributed by atoms with Crippen molar-refractivity contribution in [1.29, 1.82) is 0 Å². The molecule has 0 atom stereocenters. The zero-order valence-corrected chi connectivity index (χ0v) is 10.3. The van der Waals surface area contributed by atoms with Gasteiger partial charge in [-0.05, 0) is 24.3 Å². The van der Waals surface area contributed by atoms with E-state index < -0.39 is 0 Å². The van der Waals surface area contributed by atoms with Crippen molar-refractivity contribution >= 4 is 23.2 Å². The van der Waals surface area contributed by atoms with Crippen LogP contribution in [0.2, 0.25) is 5.02 Å². The largest absolute Gasteiger partial charge is 0.455 e. The fraction of sp³-hybridized carbons (Fsp3) is 0.0769. The summed E-state index contributed by atoms with van der Waals surface area (Å²) in [6, 6.07) is 11.6. The van der Waals surface area contributed by atoms with Gasteiger partial charge in [-0.2, -0.15) is 0 Å². The van der Waals surface area contributed by atoms with Crippen LogP contribution in [-0.2, 0) is 5.88 Å². The fourth-order valence-corrected chi connectivity index (χ4v) is 1.84.